The summed E-state index contributed by atoms with van der Waals surface area (Å²) in [6.07, 6.45) is 4.31. The van der Waals surface area contributed by atoms with Crippen molar-refractivity contribution in [3.8, 4) is 0 Å². The van der Waals surface area contributed by atoms with Gasteiger partial charge in [-0.1, -0.05) is 30.7 Å². The molecule has 1 aliphatic carbocycles. The van der Waals surface area contributed by atoms with Crippen LogP contribution >= 0.6 is 11.6 Å². The maximum Gasteiger partial charge on any atom is 0.407 e. The summed E-state index contributed by atoms with van der Waals surface area (Å²) >= 11 is 6.08. The third-order valence-electron chi connectivity index (χ3n) is 7.01. The molecule has 36 heavy (non-hydrogen) atoms. The van der Waals surface area contributed by atoms with Gasteiger partial charge in [0.25, 0.3) is 0 Å². The molecule has 1 heterocycles. The van der Waals surface area contributed by atoms with E-state index in [4.69, 9.17) is 16.3 Å². The van der Waals surface area contributed by atoms with Crippen LogP contribution in [-0.4, -0.2) is 54.2 Å². The maximum atomic E-state index is 12.4. The van der Waals surface area contributed by atoms with E-state index < -0.39 is 24.0 Å². The number of rotatable bonds is 12. The molecular formula is C26H36ClN3O6. The van der Waals surface area contributed by atoms with Gasteiger partial charge < -0.3 is 25.8 Å². The van der Waals surface area contributed by atoms with E-state index in [1.807, 2.05) is 31.2 Å². The smallest absolute Gasteiger partial charge is 0.407 e. The summed E-state index contributed by atoms with van der Waals surface area (Å²) in [5.74, 6) is -1.85. The number of alkyl carbamates (subject to hydrolysis) is 1. The van der Waals surface area contributed by atoms with Crippen molar-refractivity contribution in [3.63, 3.8) is 0 Å². The van der Waals surface area contributed by atoms with Gasteiger partial charge in [0.2, 0.25) is 11.8 Å². The monoisotopic (exact) mass is 521 g/mol. The molecule has 2 aliphatic rings. The van der Waals surface area contributed by atoms with Crippen molar-refractivity contribution in [1.29, 1.82) is 0 Å². The number of ether oxygens (including phenoxy) is 1. The third kappa shape index (κ3) is 8.69. The number of benzene rings is 1. The van der Waals surface area contributed by atoms with Crippen LogP contribution in [0.2, 0.25) is 5.02 Å². The van der Waals surface area contributed by atoms with E-state index in [0.29, 0.717) is 31.0 Å². The Bertz CT molecular complexity index is 942. The number of carboxylic acids is 1. The Hall–Kier alpha value is -2.81. The molecule has 1 saturated heterocycles. The number of hydrogen-bond donors (Lipinski definition) is 4. The highest BCUT2D eigenvalue weighted by Crippen LogP contribution is 2.31. The lowest BCUT2D eigenvalue weighted by Crippen LogP contribution is -2.43. The second kappa shape index (κ2) is 13.5. The van der Waals surface area contributed by atoms with E-state index >= 15 is 0 Å². The van der Waals surface area contributed by atoms with Crippen LogP contribution in [0, 0.1) is 17.8 Å². The van der Waals surface area contributed by atoms with Crippen LogP contribution in [0.15, 0.2) is 24.3 Å². The zero-order valence-electron chi connectivity index (χ0n) is 20.6. The number of amides is 3. The van der Waals surface area contributed by atoms with E-state index in [0.717, 1.165) is 31.2 Å². The Morgan fingerprint density at radius 3 is 2.75 bits per heavy atom. The Morgan fingerprint density at radius 1 is 1.25 bits per heavy atom. The average molecular weight is 522 g/mol. The second-order valence-corrected chi connectivity index (χ2v) is 10.4. The summed E-state index contributed by atoms with van der Waals surface area (Å²) in [7, 11) is 0. The van der Waals surface area contributed by atoms with Gasteiger partial charge in [-0.2, -0.15) is 0 Å². The van der Waals surface area contributed by atoms with Crippen molar-refractivity contribution >= 4 is 35.5 Å². The molecule has 0 radical (unpaired) electrons. The summed E-state index contributed by atoms with van der Waals surface area (Å²) in [6.45, 7) is 2.78. The van der Waals surface area contributed by atoms with E-state index in [2.05, 4.69) is 16.0 Å². The quantitative estimate of drug-likeness (QED) is 0.333. The van der Waals surface area contributed by atoms with Crippen molar-refractivity contribution < 1.29 is 29.0 Å². The highest BCUT2D eigenvalue weighted by atomic mass is 35.5. The lowest BCUT2D eigenvalue weighted by atomic mass is 9.96. The molecule has 1 saturated carbocycles. The van der Waals surface area contributed by atoms with Crippen molar-refractivity contribution in [2.45, 2.75) is 70.4 Å². The fraction of sp³-hybridized carbons (Fsp3) is 0.615. The lowest BCUT2D eigenvalue weighted by molar-refractivity contribution is -0.142. The number of hydrogen-bond acceptors (Lipinski definition) is 5. The highest BCUT2D eigenvalue weighted by molar-refractivity contribution is 6.30. The number of nitrogens with one attached hydrogen (secondary N) is 3. The molecule has 5 atom stereocenters. The first-order valence-corrected chi connectivity index (χ1v) is 13.1. The summed E-state index contributed by atoms with van der Waals surface area (Å²) in [5, 5.41) is 18.1. The molecule has 0 spiro atoms. The Morgan fingerprint density at radius 2 is 2.06 bits per heavy atom. The Kier molecular flexibility index (Phi) is 10.4. The topological polar surface area (TPSA) is 134 Å². The average Bonchev–Trinajstić information content (AvgIpc) is 3.44. The third-order valence-corrected chi connectivity index (χ3v) is 7.25. The van der Waals surface area contributed by atoms with Crippen molar-refractivity contribution in [2.24, 2.45) is 17.8 Å². The number of aliphatic carboxylic acids is 1. The zero-order chi connectivity index (χ0) is 26.1. The molecule has 0 bridgehead atoms. The fourth-order valence-electron chi connectivity index (χ4n) is 4.92. The molecule has 0 aromatic heterocycles. The minimum atomic E-state index is -1.15. The molecule has 1 aromatic rings. The molecule has 2 fully saturated rings. The van der Waals surface area contributed by atoms with Crippen LogP contribution in [-0.2, 0) is 25.5 Å². The van der Waals surface area contributed by atoms with E-state index in [1.165, 1.54) is 0 Å². The standard InChI is InChI=1S/C26H36ClN3O6/c1-16(8-9-23(31)30-21(25(33)34)14-19-10-11-28-24(19)32)15-29-26(35)36-22-7-3-5-18(22)12-17-4-2-6-20(27)13-17/h2,4,6,13,16,18-19,21-22H,3,5,7-12,14-15H2,1H3,(H,28,32)(H,29,35)(H,30,31)(H,33,34)/t16?,18?,19-,21-,22?/m0/s1. The molecular weight excluding hydrogens is 486 g/mol. The number of carboxylic acid groups (broad SMARTS) is 1. The van der Waals surface area contributed by atoms with E-state index in [1.54, 1.807) is 0 Å². The summed E-state index contributed by atoms with van der Waals surface area (Å²) in [6, 6.07) is 6.64. The van der Waals surface area contributed by atoms with Crippen LogP contribution < -0.4 is 16.0 Å². The van der Waals surface area contributed by atoms with Crippen molar-refractivity contribution in [3.05, 3.63) is 34.9 Å². The van der Waals surface area contributed by atoms with Crippen LogP contribution in [0.1, 0.15) is 57.4 Å². The SMILES string of the molecule is CC(CCC(=O)N[C@@H](C[C@@H]1CCNC1=O)C(=O)O)CNC(=O)OC1CCCC1Cc1cccc(Cl)c1. The predicted octanol–water partition coefficient (Wildman–Crippen LogP) is 3.29. The van der Waals surface area contributed by atoms with Gasteiger partial charge in [-0.3, -0.25) is 9.59 Å². The number of carbonyl (C=O) groups excluding carboxylic acids is 3. The molecule has 1 aromatic carbocycles. The fourth-order valence-corrected chi connectivity index (χ4v) is 5.13. The number of carbonyl (C=O) groups is 4. The molecule has 10 heteroatoms. The molecule has 1 aliphatic heterocycles. The minimum Gasteiger partial charge on any atom is -0.480 e. The van der Waals surface area contributed by atoms with Gasteiger partial charge in [0, 0.05) is 36.4 Å². The van der Waals surface area contributed by atoms with Crippen LogP contribution in [0.4, 0.5) is 4.79 Å². The normalized spacial score (nSPS) is 22.9. The molecule has 3 rings (SSSR count). The van der Waals surface area contributed by atoms with Crippen LogP contribution in [0.25, 0.3) is 0 Å². The first-order valence-electron chi connectivity index (χ1n) is 12.7. The molecule has 3 unspecified atom stereocenters. The Labute approximate surface area is 216 Å². The summed E-state index contributed by atoms with van der Waals surface area (Å²) < 4.78 is 5.69. The highest BCUT2D eigenvalue weighted by Gasteiger charge is 2.32. The first kappa shape index (κ1) is 27.8. The van der Waals surface area contributed by atoms with Gasteiger partial charge in [-0.25, -0.2) is 9.59 Å². The van der Waals surface area contributed by atoms with Crippen molar-refractivity contribution in [2.75, 3.05) is 13.1 Å². The number of halogens is 1. The largest absolute Gasteiger partial charge is 0.480 e. The van der Waals surface area contributed by atoms with Crippen molar-refractivity contribution in [1.82, 2.24) is 16.0 Å². The van der Waals surface area contributed by atoms with Gasteiger partial charge >= 0.3 is 12.1 Å². The van der Waals surface area contributed by atoms with Gasteiger partial charge in [-0.15, -0.1) is 0 Å². The van der Waals surface area contributed by atoms with Gasteiger partial charge in [-0.05, 0) is 68.6 Å². The molecule has 198 valence electrons. The van der Waals surface area contributed by atoms with E-state index in [9.17, 15) is 24.3 Å². The second-order valence-electron chi connectivity index (χ2n) is 9.96. The van der Waals surface area contributed by atoms with Gasteiger partial charge in [0.1, 0.15) is 12.1 Å². The summed E-state index contributed by atoms with van der Waals surface area (Å²) in [4.78, 5) is 47.9. The van der Waals surface area contributed by atoms with Gasteiger partial charge in [0.15, 0.2) is 0 Å². The minimum absolute atomic E-state index is 0.00183. The molecule has 9 nitrogen and oxygen atoms in total. The first-order chi connectivity index (χ1) is 17.2. The maximum absolute atomic E-state index is 12.4. The van der Waals surface area contributed by atoms with E-state index in [-0.39, 0.29) is 42.6 Å². The molecule has 3 amide bonds. The van der Waals surface area contributed by atoms with Gasteiger partial charge in [0.05, 0.1) is 0 Å². The zero-order valence-corrected chi connectivity index (χ0v) is 21.4. The predicted molar refractivity (Wildman–Crippen MR) is 134 cm³/mol. The van der Waals surface area contributed by atoms with Crippen LogP contribution in [0.3, 0.4) is 0 Å². The lowest BCUT2D eigenvalue weighted by Gasteiger charge is -2.21. The summed E-state index contributed by atoms with van der Waals surface area (Å²) in [5.41, 5.74) is 1.13. The Balaban J connectivity index is 1.35. The van der Waals surface area contributed by atoms with Crippen LogP contribution in [0.5, 0.6) is 0 Å². The molecule has 4 N–H and O–H groups in total.